The van der Waals surface area contributed by atoms with Crippen molar-refractivity contribution in [2.75, 3.05) is 36.0 Å². The Kier molecular flexibility index (Phi) is 3.78. The van der Waals surface area contributed by atoms with Gasteiger partial charge in [0.05, 0.1) is 24.3 Å². The van der Waals surface area contributed by atoms with Crippen molar-refractivity contribution in [3.8, 4) is 11.3 Å². The molecule has 1 saturated heterocycles. The predicted octanol–water partition coefficient (Wildman–Crippen LogP) is 0.994. The van der Waals surface area contributed by atoms with Gasteiger partial charge in [0.15, 0.2) is 0 Å². The lowest BCUT2D eigenvalue weighted by Crippen LogP contribution is -2.47. The minimum Gasteiger partial charge on any atom is -0.352 e. The quantitative estimate of drug-likeness (QED) is 0.712. The maximum absolute atomic E-state index is 4.74. The highest BCUT2D eigenvalue weighted by Crippen LogP contribution is 2.20. The number of hydrogen-bond donors (Lipinski definition) is 0. The summed E-state index contributed by atoms with van der Waals surface area (Å²) in [6.07, 6.45) is 10.9. The minimum atomic E-state index is 0.785. The fourth-order valence-electron chi connectivity index (χ4n) is 2.79. The molecule has 8 heteroatoms. The Hall–Kier alpha value is -3.03. The van der Waals surface area contributed by atoms with Gasteiger partial charge in [-0.2, -0.15) is 5.10 Å². The standard InChI is InChI=1S/C16H18N8/c1-22-12-13(9-20-22)14-10-17-11-15(21-14)23-5-7-24(8-6-23)16-18-3-2-4-19-16/h2-4,9-12H,5-8H2,1H3. The van der Waals surface area contributed by atoms with Crippen LogP contribution < -0.4 is 9.80 Å². The van der Waals surface area contributed by atoms with E-state index < -0.39 is 0 Å². The van der Waals surface area contributed by atoms with Crippen LogP contribution in [0.15, 0.2) is 43.2 Å². The third-order valence-electron chi connectivity index (χ3n) is 4.06. The zero-order chi connectivity index (χ0) is 16.4. The van der Waals surface area contributed by atoms with E-state index in [9.17, 15) is 0 Å². The highest BCUT2D eigenvalue weighted by Gasteiger charge is 2.20. The molecule has 0 N–H and O–H groups in total. The molecule has 8 nitrogen and oxygen atoms in total. The molecule has 3 aromatic rings. The summed E-state index contributed by atoms with van der Waals surface area (Å²) < 4.78 is 1.77. The third-order valence-corrected chi connectivity index (χ3v) is 4.06. The Morgan fingerprint density at radius 1 is 0.917 bits per heavy atom. The zero-order valence-electron chi connectivity index (χ0n) is 13.4. The van der Waals surface area contributed by atoms with Gasteiger partial charge < -0.3 is 9.80 Å². The van der Waals surface area contributed by atoms with Crippen molar-refractivity contribution in [1.82, 2.24) is 29.7 Å². The first-order chi connectivity index (χ1) is 11.8. The fraction of sp³-hybridized carbons (Fsp3) is 0.312. The maximum Gasteiger partial charge on any atom is 0.225 e. The Labute approximate surface area is 139 Å². The van der Waals surface area contributed by atoms with Crippen molar-refractivity contribution in [3.63, 3.8) is 0 Å². The van der Waals surface area contributed by atoms with Crippen molar-refractivity contribution < 1.29 is 0 Å². The molecule has 0 aromatic carbocycles. The molecule has 0 unspecified atom stereocenters. The van der Waals surface area contributed by atoms with Crippen LogP contribution in [0.1, 0.15) is 0 Å². The fourth-order valence-corrected chi connectivity index (χ4v) is 2.79. The number of nitrogens with zero attached hydrogens (tertiary/aromatic N) is 8. The number of hydrogen-bond acceptors (Lipinski definition) is 7. The Bertz CT molecular complexity index is 808. The molecule has 0 amide bonds. The van der Waals surface area contributed by atoms with Crippen molar-refractivity contribution in [2.24, 2.45) is 7.05 Å². The van der Waals surface area contributed by atoms with Crippen LogP contribution in [-0.2, 0) is 7.05 Å². The van der Waals surface area contributed by atoms with Gasteiger partial charge in [-0.3, -0.25) is 9.67 Å². The number of aromatic nitrogens is 6. The summed E-state index contributed by atoms with van der Waals surface area (Å²) in [5.41, 5.74) is 1.82. The first-order valence-electron chi connectivity index (χ1n) is 7.87. The molecule has 24 heavy (non-hydrogen) atoms. The van der Waals surface area contributed by atoms with E-state index >= 15 is 0 Å². The molecule has 122 valence electrons. The second-order valence-electron chi connectivity index (χ2n) is 5.69. The van der Waals surface area contributed by atoms with Crippen molar-refractivity contribution in [2.45, 2.75) is 0 Å². The molecule has 4 heterocycles. The van der Waals surface area contributed by atoms with Gasteiger partial charge in [-0.25, -0.2) is 15.0 Å². The van der Waals surface area contributed by atoms with Gasteiger partial charge in [0.1, 0.15) is 5.82 Å². The number of rotatable bonds is 3. The van der Waals surface area contributed by atoms with E-state index in [0.717, 1.165) is 49.2 Å². The van der Waals surface area contributed by atoms with Gasteiger partial charge in [0, 0.05) is 57.4 Å². The zero-order valence-corrected chi connectivity index (χ0v) is 13.4. The predicted molar refractivity (Wildman–Crippen MR) is 90.7 cm³/mol. The monoisotopic (exact) mass is 322 g/mol. The third kappa shape index (κ3) is 2.90. The normalized spacial score (nSPS) is 14.9. The molecule has 1 aliphatic rings. The maximum atomic E-state index is 4.74. The van der Waals surface area contributed by atoms with Crippen LogP contribution in [0.25, 0.3) is 11.3 Å². The van der Waals surface area contributed by atoms with E-state index in [1.807, 2.05) is 25.5 Å². The molecular formula is C16H18N8. The van der Waals surface area contributed by atoms with Crippen molar-refractivity contribution >= 4 is 11.8 Å². The second kappa shape index (κ2) is 6.23. The van der Waals surface area contributed by atoms with Gasteiger partial charge in [0.2, 0.25) is 5.95 Å². The lowest BCUT2D eigenvalue weighted by molar-refractivity contribution is 0.634. The van der Waals surface area contributed by atoms with Crippen molar-refractivity contribution in [1.29, 1.82) is 0 Å². The molecule has 0 atom stereocenters. The largest absolute Gasteiger partial charge is 0.352 e. The van der Waals surface area contributed by atoms with Crippen LogP contribution in [0.5, 0.6) is 0 Å². The summed E-state index contributed by atoms with van der Waals surface area (Å²) in [6.45, 7) is 3.46. The second-order valence-corrected chi connectivity index (χ2v) is 5.69. The van der Waals surface area contributed by atoms with Crippen LogP contribution in [-0.4, -0.2) is 55.9 Å². The number of piperazine rings is 1. The van der Waals surface area contributed by atoms with E-state index in [-0.39, 0.29) is 0 Å². The first-order valence-corrected chi connectivity index (χ1v) is 7.87. The number of anilines is 2. The summed E-state index contributed by atoms with van der Waals surface area (Å²) >= 11 is 0. The average Bonchev–Trinajstić information content (AvgIpc) is 3.09. The van der Waals surface area contributed by atoms with Crippen LogP contribution in [0.4, 0.5) is 11.8 Å². The van der Waals surface area contributed by atoms with Crippen LogP contribution in [0.3, 0.4) is 0 Å². The van der Waals surface area contributed by atoms with Crippen molar-refractivity contribution in [3.05, 3.63) is 43.2 Å². The van der Waals surface area contributed by atoms with Crippen LogP contribution >= 0.6 is 0 Å². The molecule has 1 fully saturated rings. The Morgan fingerprint density at radius 3 is 2.38 bits per heavy atom. The highest BCUT2D eigenvalue weighted by atomic mass is 15.3. The lowest BCUT2D eigenvalue weighted by atomic mass is 10.2. The Balaban J connectivity index is 1.48. The van der Waals surface area contributed by atoms with E-state index in [1.165, 1.54) is 0 Å². The van der Waals surface area contributed by atoms with Gasteiger partial charge in [-0.1, -0.05) is 0 Å². The molecule has 1 aliphatic heterocycles. The van der Waals surface area contributed by atoms with Crippen LogP contribution in [0, 0.1) is 0 Å². The summed E-state index contributed by atoms with van der Waals surface area (Å²) in [4.78, 5) is 22.1. The van der Waals surface area contributed by atoms with Gasteiger partial charge in [-0.05, 0) is 6.07 Å². The Morgan fingerprint density at radius 2 is 1.67 bits per heavy atom. The molecule has 3 aromatic heterocycles. The molecular weight excluding hydrogens is 304 g/mol. The van der Waals surface area contributed by atoms with Gasteiger partial charge in [-0.15, -0.1) is 0 Å². The summed E-state index contributed by atoms with van der Waals surface area (Å²) in [5.74, 6) is 1.68. The molecule has 0 bridgehead atoms. The summed E-state index contributed by atoms with van der Waals surface area (Å²) in [6, 6.07) is 1.83. The van der Waals surface area contributed by atoms with Crippen LogP contribution in [0.2, 0.25) is 0 Å². The number of aryl methyl sites for hydroxylation is 1. The minimum absolute atomic E-state index is 0.785. The summed E-state index contributed by atoms with van der Waals surface area (Å²) in [7, 11) is 1.89. The molecule has 4 rings (SSSR count). The topological polar surface area (TPSA) is 75.9 Å². The molecule has 0 spiro atoms. The highest BCUT2D eigenvalue weighted by molar-refractivity contribution is 5.58. The molecule has 0 saturated carbocycles. The van der Waals surface area contributed by atoms with Gasteiger partial charge in [0.25, 0.3) is 0 Å². The SMILES string of the molecule is Cn1cc(-c2cncc(N3CCN(c4ncccn4)CC3)n2)cn1. The first kappa shape index (κ1) is 14.6. The molecule has 0 aliphatic carbocycles. The molecule has 0 radical (unpaired) electrons. The van der Waals surface area contributed by atoms with E-state index in [4.69, 9.17) is 4.98 Å². The van der Waals surface area contributed by atoms with E-state index in [1.54, 1.807) is 29.5 Å². The summed E-state index contributed by atoms with van der Waals surface area (Å²) in [5, 5.41) is 4.19. The van der Waals surface area contributed by atoms with Gasteiger partial charge >= 0.3 is 0 Å². The average molecular weight is 322 g/mol. The lowest BCUT2D eigenvalue weighted by Gasteiger charge is -2.35. The smallest absolute Gasteiger partial charge is 0.225 e. The van der Waals surface area contributed by atoms with E-state index in [2.05, 4.69) is 29.9 Å². The van der Waals surface area contributed by atoms with E-state index in [0.29, 0.717) is 0 Å².